The van der Waals surface area contributed by atoms with Crippen LogP contribution in [-0.4, -0.2) is 37.0 Å². The van der Waals surface area contributed by atoms with Gasteiger partial charge < -0.3 is 5.32 Å². The number of hydrogen-bond donors (Lipinski definition) is 2. The molecule has 2 bridgehead atoms. The average Bonchev–Trinajstić information content (AvgIpc) is 3.13. The first-order valence-electron chi connectivity index (χ1n) is 9.81. The molecule has 2 N–H and O–H groups in total. The molecule has 3 aromatic heterocycles. The van der Waals surface area contributed by atoms with Crippen LogP contribution >= 0.6 is 11.6 Å². The van der Waals surface area contributed by atoms with Crippen molar-refractivity contribution >= 4 is 34.2 Å². The second-order valence-electron chi connectivity index (χ2n) is 7.99. The number of halogens is 2. The summed E-state index contributed by atoms with van der Waals surface area (Å²) in [6, 6.07) is 1.36. The number of hydrogen-bond acceptors (Lipinski definition) is 6. The van der Waals surface area contributed by atoms with Gasteiger partial charge in [-0.05, 0) is 50.5 Å². The van der Waals surface area contributed by atoms with Crippen LogP contribution in [0.25, 0.3) is 22.6 Å². The second kappa shape index (κ2) is 7.02. The lowest BCUT2D eigenvalue weighted by molar-refractivity contribution is -0.126. The van der Waals surface area contributed by atoms with Crippen LogP contribution < -0.4 is 5.32 Å². The van der Waals surface area contributed by atoms with Crippen LogP contribution in [-0.2, 0) is 4.79 Å². The van der Waals surface area contributed by atoms with Gasteiger partial charge in [-0.25, -0.2) is 19.3 Å². The smallest absolute Gasteiger partial charge is 0.181 e. The van der Waals surface area contributed by atoms with Gasteiger partial charge in [-0.15, -0.1) is 0 Å². The summed E-state index contributed by atoms with van der Waals surface area (Å²) >= 11 is 6.38. The SMILES string of the molecule is CC(=O)C1C2CCC(CC2)C1Nc1nc(-c2[nH]nc3ncc(F)cc23)ncc1Cl. The topological polar surface area (TPSA) is 96.5 Å². The number of fused-ring (bicyclic) bond motifs is 4. The minimum atomic E-state index is -0.463. The summed E-state index contributed by atoms with van der Waals surface area (Å²) in [5.41, 5.74) is 0.857. The zero-order valence-electron chi connectivity index (χ0n) is 15.8. The molecule has 3 aliphatic rings. The largest absolute Gasteiger partial charge is 0.365 e. The zero-order chi connectivity index (χ0) is 20.1. The van der Waals surface area contributed by atoms with Gasteiger partial charge in [-0.2, -0.15) is 5.10 Å². The van der Waals surface area contributed by atoms with Crippen molar-refractivity contribution < 1.29 is 9.18 Å². The highest BCUT2D eigenvalue weighted by atomic mass is 35.5. The molecule has 3 heterocycles. The van der Waals surface area contributed by atoms with E-state index in [1.54, 1.807) is 6.92 Å². The van der Waals surface area contributed by atoms with Crippen LogP contribution in [0.1, 0.15) is 32.6 Å². The number of pyridine rings is 1. The van der Waals surface area contributed by atoms with Crippen LogP contribution in [0, 0.1) is 23.6 Å². The summed E-state index contributed by atoms with van der Waals surface area (Å²) in [6.07, 6.45) is 7.05. The number of carbonyl (C=O) groups is 1. The summed E-state index contributed by atoms with van der Waals surface area (Å²) in [4.78, 5) is 25.2. The van der Waals surface area contributed by atoms with Gasteiger partial charge in [0, 0.05) is 12.0 Å². The highest BCUT2D eigenvalue weighted by Crippen LogP contribution is 2.47. The molecule has 29 heavy (non-hydrogen) atoms. The molecule has 0 spiro atoms. The van der Waals surface area contributed by atoms with E-state index in [9.17, 15) is 9.18 Å². The van der Waals surface area contributed by atoms with Gasteiger partial charge in [0.1, 0.15) is 28.1 Å². The van der Waals surface area contributed by atoms with E-state index in [1.807, 2.05) is 0 Å². The summed E-state index contributed by atoms with van der Waals surface area (Å²) < 4.78 is 13.7. The Morgan fingerprint density at radius 3 is 2.72 bits per heavy atom. The van der Waals surface area contributed by atoms with Crippen molar-refractivity contribution in [1.82, 2.24) is 25.1 Å². The molecule has 3 fully saturated rings. The molecule has 150 valence electrons. The van der Waals surface area contributed by atoms with Crippen LogP contribution in [0.15, 0.2) is 18.5 Å². The highest BCUT2D eigenvalue weighted by molar-refractivity contribution is 6.32. The zero-order valence-corrected chi connectivity index (χ0v) is 16.6. The fraction of sp³-hybridized carbons (Fsp3) is 0.450. The summed E-state index contributed by atoms with van der Waals surface area (Å²) in [6.45, 7) is 1.67. The standard InChI is InChI=1S/C20H20ClFN6O/c1-9(29)15-10-2-4-11(5-3-10)16(15)25-19-14(21)8-24-20(26-19)17-13-6-12(22)7-23-18(13)28-27-17/h6-8,10-11,15-16H,2-5H2,1H3,(H,23,27,28)(H,24,25,26). The monoisotopic (exact) mass is 414 g/mol. The van der Waals surface area contributed by atoms with Crippen LogP contribution in [0.2, 0.25) is 5.02 Å². The second-order valence-corrected chi connectivity index (χ2v) is 8.40. The Hall–Kier alpha value is -2.61. The van der Waals surface area contributed by atoms with Crippen molar-refractivity contribution in [2.24, 2.45) is 17.8 Å². The van der Waals surface area contributed by atoms with Crippen molar-refractivity contribution in [2.75, 3.05) is 5.32 Å². The maximum Gasteiger partial charge on any atom is 0.181 e. The molecular weight excluding hydrogens is 395 g/mol. The minimum Gasteiger partial charge on any atom is -0.365 e. The molecule has 6 rings (SSSR count). The normalized spacial score (nSPS) is 26.0. The number of nitrogens with zero attached hydrogens (tertiary/aromatic N) is 4. The molecule has 7 nitrogen and oxygen atoms in total. The third-order valence-corrected chi connectivity index (χ3v) is 6.61. The van der Waals surface area contributed by atoms with E-state index in [0.29, 0.717) is 45.2 Å². The first-order chi connectivity index (χ1) is 14.0. The molecule has 2 unspecified atom stereocenters. The van der Waals surface area contributed by atoms with Gasteiger partial charge in [0.05, 0.1) is 17.8 Å². The van der Waals surface area contributed by atoms with Gasteiger partial charge in [-0.1, -0.05) is 11.6 Å². The first-order valence-corrected chi connectivity index (χ1v) is 10.2. The number of anilines is 1. The first kappa shape index (κ1) is 18.4. The minimum absolute atomic E-state index is 0.0119. The maximum absolute atomic E-state index is 13.7. The molecule has 3 saturated carbocycles. The van der Waals surface area contributed by atoms with E-state index in [-0.39, 0.29) is 17.7 Å². The molecule has 3 aromatic rings. The Kier molecular flexibility index (Phi) is 4.46. The number of H-pyrrole nitrogens is 1. The fourth-order valence-corrected chi connectivity index (χ4v) is 5.18. The molecule has 0 radical (unpaired) electrons. The van der Waals surface area contributed by atoms with E-state index < -0.39 is 5.82 Å². The number of Topliss-reactive ketones (excluding diaryl/α,β-unsaturated/α-hetero) is 1. The van der Waals surface area contributed by atoms with Gasteiger partial charge in [0.2, 0.25) is 0 Å². The predicted octanol–water partition coefficient (Wildman–Crippen LogP) is 4.01. The highest BCUT2D eigenvalue weighted by Gasteiger charge is 2.46. The fourth-order valence-electron chi connectivity index (χ4n) is 5.03. The van der Waals surface area contributed by atoms with E-state index in [2.05, 4.69) is 30.5 Å². The Bertz CT molecular complexity index is 1090. The predicted molar refractivity (Wildman–Crippen MR) is 107 cm³/mol. The van der Waals surface area contributed by atoms with E-state index in [1.165, 1.54) is 12.3 Å². The lowest BCUT2D eigenvalue weighted by atomic mass is 9.60. The summed E-state index contributed by atoms with van der Waals surface area (Å²) in [5.74, 6) is 1.39. The Balaban J connectivity index is 1.51. The van der Waals surface area contributed by atoms with E-state index >= 15 is 0 Å². The molecule has 9 heteroatoms. The lowest BCUT2D eigenvalue weighted by Crippen LogP contribution is -2.51. The quantitative estimate of drug-likeness (QED) is 0.669. The van der Waals surface area contributed by atoms with E-state index in [4.69, 9.17) is 11.6 Å². The summed E-state index contributed by atoms with van der Waals surface area (Å²) in [7, 11) is 0. The molecule has 0 saturated heterocycles. The van der Waals surface area contributed by atoms with Gasteiger partial charge >= 0.3 is 0 Å². The maximum atomic E-state index is 13.7. The van der Waals surface area contributed by atoms with Gasteiger partial charge in [-0.3, -0.25) is 9.89 Å². The van der Waals surface area contributed by atoms with Crippen LogP contribution in [0.3, 0.4) is 0 Å². The van der Waals surface area contributed by atoms with E-state index in [0.717, 1.165) is 31.9 Å². The van der Waals surface area contributed by atoms with Crippen molar-refractivity contribution in [3.05, 3.63) is 29.3 Å². The van der Waals surface area contributed by atoms with Crippen LogP contribution in [0.5, 0.6) is 0 Å². The molecule has 0 aliphatic heterocycles. The Labute approximate surface area is 171 Å². The molecule has 0 aromatic carbocycles. The van der Waals surface area contributed by atoms with Gasteiger partial charge in [0.25, 0.3) is 0 Å². The number of rotatable bonds is 4. The molecule has 0 amide bonds. The number of aromatic amines is 1. The Morgan fingerprint density at radius 1 is 1.21 bits per heavy atom. The number of carbonyl (C=O) groups excluding carboxylic acids is 1. The third-order valence-electron chi connectivity index (χ3n) is 6.34. The number of ketones is 1. The molecule has 2 atom stereocenters. The number of aromatic nitrogens is 5. The van der Waals surface area contributed by atoms with Crippen LogP contribution in [0.4, 0.5) is 10.2 Å². The molecule has 3 aliphatic carbocycles. The molecular formula is C20H20ClFN6O. The lowest BCUT2D eigenvalue weighted by Gasteiger charge is -2.48. The third kappa shape index (κ3) is 3.15. The van der Waals surface area contributed by atoms with Crippen molar-refractivity contribution in [3.63, 3.8) is 0 Å². The van der Waals surface area contributed by atoms with Crippen molar-refractivity contribution in [1.29, 1.82) is 0 Å². The number of nitrogens with one attached hydrogen (secondary N) is 2. The van der Waals surface area contributed by atoms with Gasteiger partial charge in [0.15, 0.2) is 11.5 Å². The van der Waals surface area contributed by atoms with Crippen molar-refractivity contribution in [2.45, 2.75) is 38.6 Å². The Morgan fingerprint density at radius 2 is 1.97 bits per heavy atom. The summed E-state index contributed by atoms with van der Waals surface area (Å²) in [5, 5.41) is 11.2. The average molecular weight is 415 g/mol. The van der Waals surface area contributed by atoms with Crippen molar-refractivity contribution in [3.8, 4) is 11.5 Å².